The van der Waals surface area contributed by atoms with Crippen molar-refractivity contribution in [2.75, 3.05) is 32.1 Å². The van der Waals surface area contributed by atoms with Crippen LogP contribution in [0.5, 0.6) is 0 Å². The van der Waals surface area contributed by atoms with Gasteiger partial charge in [-0.1, -0.05) is 23.5 Å². The molecule has 3 aromatic rings. The number of nitrogens with zero attached hydrogens (tertiary/aromatic N) is 2. The van der Waals surface area contributed by atoms with E-state index in [0.29, 0.717) is 12.3 Å². The second-order valence-electron chi connectivity index (χ2n) is 5.81. The molecular formula is C17H20N3O2S+. The van der Waals surface area contributed by atoms with E-state index in [-0.39, 0.29) is 5.91 Å². The fourth-order valence-electron chi connectivity index (χ4n) is 2.34. The molecule has 0 fully saturated rings. The van der Waals surface area contributed by atoms with Gasteiger partial charge in [0.15, 0.2) is 10.9 Å². The summed E-state index contributed by atoms with van der Waals surface area (Å²) in [4.78, 5) is 20.5. The molecule has 0 spiro atoms. The van der Waals surface area contributed by atoms with Crippen molar-refractivity contribution >= 4 is 32.6 Å². The first-order valence-electron chi connectivity index (χ1n) is 7.57. The Hall–Kier alpha value is -2.18. The number of fused-ring (bicyclic) bond motifs is 1. The second kappa shape index (κ2) is 6.52. The Labute approximate surface area is 139 Å². The van der Waals surface area contributed by atoms with Crippen LogP contribution in [0.2, 0.25) is 0 Å². The minimum Gasteiger partial charge on any atom is -0.459 e. The Morgan fingerprint density at radius 3 is 2.78 bits per heavy atom. The number of carbonyl (C=O) groups excluding carboxylic acids is 1. The van der Waals surface area contributed by atoms with E-state index < -0.39 is 0 Å². The Balaban J connectivity index is 1.98. The summed E-state index contributed by atoms with van der Waals surface area (Å²) < 4.78 is 6.37. The van der Waals surface area contributed by atoms with Gasteiger partial charge in [0.25, 0.3) is 5.91 Å². The zero-order valence-electron chi connectivity index (χ0n) is 13.5. The molecule has 0 aliphatic heterocycles. The molecule has 0 atom stereocenters. The lowest BCUT2D eigenvalue weighted by Crippen LogP contribution is -3.06. The summed E-state index contributed by atoms with van der Waals surface area (Å²) in [5.74, 6) is 0.197. The van der Waals surface area contributed by atoms with Crippen LogP contribution in [0.4, 0.5) is 5.13 Å². The van der Waals surface area contributed by atoms with Crippen LogP contribution < -0.4 is 9.80 Å². The SMILES string of the molecule is Cc1cccc2sc(N(CC[NH+](C)C)C(=O)c3ccco3)nc12. The molecule has 5 nitrogen and oxygen atoms in total. The van der Waals surface area contributed by atoms with Crippen LogP contribution in [0.3, 0.4) is 0 Å². The highest BCUT2D eigenvalue weighted by atomic mass is 32.1. The number of rotatable bonds is 5. The standard InChI is InChI=1S/C17H19N3O2S/c1-12-6-4-8-14-15(12)18-17(23-14)20(10-9-19(2)3)16(21)13-7-5-11-22-13/h4-8,11H,9-10H2,1-3H3/p+1. The molecule has 1 amide bonds. The van der Waals surface area contributed by atoms with Crippen molar-refractivity contribution in [3.8, 4) is 0 Å². The molecule has 1 N–H and O–H groups in total. The van der Waals surface area contributed by atoms with Crippen molar-refractivity contribution in [2.24, 2.45) is 0 Å². The summed E-state index contributed by atoms with van der Waals surface area (Å²) in [6, 6.07) is 9.51. The molecule has 0 saturated carbocycles. The zero-order chi connectivity index (χ0) is 16.4. The predicted octanol–water partition coefficient (Wildman–Crippen LogP) is 1.99. The maximum atomic E-state index is 12.8. The van der Waals surface area contributed by atoms with Crippen LogP contribution in [0.25, 0.3) is 10.2 Å². The first-order valence-corrected chi connectivity index (χ1v) is 8.38. The molecule has 23 heavy (non-hydrogen) atoms. The first kappa shape index (κ1) is 15.7. The molecule has 0 aliphatic rings. The molecule has 6 heteroatoms. The molecule has 0 radical (unpaired) electrons. The maximum absolute atomic E-state index is 12.8. The summed E-state index contributed by atoms with van der Waals surface area (Å²) in [6.07, 6.45) is 1.52. The molecule has 3 rings (SSSR count). The number of benzene rings is 1. The van der Waals surface area contributed by atoms with E-state index in [9.17, 15) is 4.79 Å². The average molecular weight is 330 g/mol. The largest absolute Gasteiger partial charge is 0.459 e. The number of para-hydroxylation sites is 1. The van der Waals surface area contributed by atoms with Crippen molar-refractivity contribution in [1.82, 2.24) is 4.98 Å². The maximum Gasteiger partial charge on any atom is 0.295 e. The highest BCUT2D eigenvalue weighted by molar-refractivity contribution is 7.22. The van der Waals surface area contributed by atoms with Crippen LogP contribution in [-0.2, 0) is 0 Å². The smallest absolute Gasteiger partial charge is 0.295 e. The van der Waals surface area contributed by atoms with Crippen LogP contribution in [-0.4, -0.2) is 38.1 Å². The molecule has 0 bridgehead atoms. The summed E-state index contributed by atoms with van der Waals surface area (Å²) in [5, 5.41) is 0.719. The molecule has 0 aliphatic carbocycles. The highest BCUT2D eigenvalue weighted by Gasteiger charge is 2.24. The third-order valence-electron chi connectivity index (χ3n) is 3.65. The van der Waals surface area contributed by atoms with E-state index >= 15 is 0 Å². The van der Waals surface area contributed by atoms with Gasteiger partial charge in [0.2, 0.25) is 0 Å². The Morgan fingerprint density at radius 2 is 2.13 bits per heavy atom. The fraction of sp³-hybridized carbons (Fsp3) is 0.294. The summed E-state index contributed by atoms with van der Waals surface area (Å²) in [6.45, 7) is 3.47. The van der Waals surface area contributed by atoms with E-state index in [2.05, 4.69) is 14.1 Å². The lowest BCUT2D eigenvalue weighted by atomic mass is 10.2. The Bertz CT molecular complexity index is 808. The van der Waals surface area contributed by atoms with Gasteiger partial charge in [0, 0.05) is 0 Å². The van der Waals surface area contributed by atoms with E-state index in [1.54, 1.807) is 17.0 Å². The van der Waals surface area contributed by atoms with Gasteiger partial charge >= 0.3 is 0 Å². The zero-order valence-corrected chi connectivity index (χ0v) is 14.3. The van der Waals surface area contributed by atoms with Crippen molar-refractivity contribution in [3.63, 3.8) is 0 Å². The average Bonchev–Trinajstić information content (AvgIpc) is 3.16. The number of amides is 1. The van der Waals surface area contributed by atoms with Gasteiger partial charge in [-0.2, -0.15) is 0 Å². The molecule has 0 unspecified atom stereocenters. The van der Waals surface area contributed by atoms with Gasteiger partial charge in [-0.05, 0) is 30.7 Å². The molecule has 0 saturated heterocycles. The lowest BCUT2D eigenvalue weighted by molar-refractivity contribution is -0.856. The monoisotopic (exact) mass is 330 g/mol. The minimum absolute atomic E-state index is 0.145. The van der Waals surface area contributed by atoms with Gasteiger partial charge in [-0.15, -0.1) is 0 Å². The minimum atomic E-state index is -0.145. The van der Waals surface area contributed by atoms with Gasteiger partial charge < -0.3 is 9.32 Å². The van der Waals surface area contributed by atoms with E-state index in [4.69, 9.17) is 9.40 Å². The topological polar surface area (TPSA) is 50.8 Å². The molecule has 2 heterocycles. The highest BCUT2D eigenvalue weighted by Crippen LogP contribution is 2.31. The number of likely N-dealkylation sites (N-methyl/N-ethyl adjacent to an activating group) is 1. The van der Waals surface area contributed by atoms with Gasteiger partial charge in [0.1, 0.15) is 0 Å². The van der Waals surface area contributed by atoms with Crippen molar-refractivity contribution in [2.45, 2.75) is 6.92 Å². The number of thiazole rings is 1. The van der Waals surface area contributed by atoms with Gasteiger partial charge in [0.05, 0.1) is 43.7 Å². The number of hydrogen-bond donors (Lipinski definition) is 1. The van der Waals surface area contributed by atoms with Crippen LogP contribution in [0.1, 0.15) is 16.1 Å². The number of aromatic nitrogens is 1. The molecule has 2 aromatic heterocycles. The van der Waals surface area contributed by atoms with Crippen LogP contribution in [0, 0.1) is 6.92 Å². The van der Waals surface area contributed by atoms with Crippen molar-refractivity contribution in [1.29, 1.82) is 0 Å². The molecule has 1 aromatic carbocycles. The number of quaternary nitrogens is 1. The Morgan fingerprint density at radius 1 is 1.30 bits per heavy atom. The number of furan rings is 1. The number of nitrogens with one attached hydrogen (secondary N) is 1. The summed E-state index contributed by atoms with van der Waals surface area (Å²) >= 11 is 1.54. The summed E-state index contributed by atoms with van der Waals surface area (Å²) in [5.41, 5.74) is 2.08. The van der Waals surface area contributed by atoms with Crippen molar-refractivity contribution < 1.29 is 14.1 Å². The number of hydrogen-bond acceptors (Lipinski definition) is 4. The lowest BCUT2D eigenvalue weighted by Gasteiger charge is -2.19. The number of carbonyl (C=O) groups is 1. The van der Waals surface area contributed by atoms with Crippen LogP contribution in [0.15, 0.2) is 41.0 Å². The molecular weight excluding hydrogens is 310 g/mol. The van der Waals surface area contributed by atoms with E-state index in [0.717, 1.165) is 27.5 Å². The second-order valence-corrected chi connectivity index (χ2v) is 6.82. The third-order valence-corrected chi connectivity index (χ3v) is 4.70. The Kier molecular flexibility index (Phi) is 4.45. The number of anilines is 1. The van der Waals surface area contributed by atoms with Gasteiger partial charge in [-0.25, -0.2) is 4.98 Å². The first-order chi connectivity index (χ1) is 11.1. The third kappa shape index (κ3) is 3.28. The predicted molar refractivity (Wildman–Crippen MR) is 92.4 cm³/mol. The molecule has 120 valence electrons. The van der Waals surface area contributed by atoms with Crippen LogP contribution >= 0.6 is 11.3 Å². The number of aryl methyl sites for hydroxylation is 1. The van der Waals surface area contributed by atoms with Crippen molar-refractivity contribution in [3.05, 3.63) is 47.9 Å². The van der Waals surface area contributed by atoms with Gasteiger partial charge in [-0.3, -0.25) is 9.69 Å². The van der Waals surface area contributed by atoms with E-state index in [1.165, 1.54) is 22.5 Å². The van der Waals surface area contributed by atoms with E-state index in [1.807, 2.05) is 25.1 Å². The normalized spacial score (nSPS) is 11.3. The quantitative estimate of drug-likeness (QED) is 0.778. The fourth-order valence-corrected chi connectivity index (χ4v) is 3.41. The summed E-state index contributed by atoms with van der Waals surface area (Å²) in [7, 11) is 4.14.